The number of carbonyl (C=O) groups excluding carboxylic acids is 2. The fraction of sp³-hybridized carbons (Fsp3) is 0.520. The lowest BCUT2D eigenvalue weighted by atomic mass is 9.82. The van der Waals surface area contributed by atoms with Gasteiger partial charge < -0.3 is 18.8 Å². The summed E-state index contributed by atoms with van der Waals surface area (Å²) in [6.45, 7) is 11.7. The van der Waals surface area contributed by atoms with E-state index < -0.39 is 0 Å². The van der Waals surface area contributed by atoms with Crippen LogP contribution in [0.2, 0.25) is 0 Å². The largest absolute Gasteiger partial charge is 0.482 e. The Labute approximate surface area is 189 Å². The van der Waals surface area contributed by atoms with Gasteiger partial charge in [0, 0.05) is 13.1 Å². The van der Waals surface area contributed by atoms with Gasteiger partial charge in [0.25, 0.3) is 11.8 Å². The van der Waals surface area contributed by atoms with Gasteiger partial charge in [-0.05, 0) is 55.5 Å². The van der Waals surface area contributed by atoms with Gasteiger partial charge >= 0.3 is 0 Å². The van der Waals surface area contributed by atoms with Crippen LogP contribution in [0, 0.1) is 0 Å². The number of furan rings is 1. The second-order valence-electron chi connectivity index (χ2n) is 9.42. The molecule has 2 unspecified atom stereocenters. The third-order valence-corrected chi connectivity index (χ3v) is 6.46. The quantitative estimate of drug-likeness (QED) is 0.699. The van der Waals surface area contributed by atoms with Gasteiger partial charge in [-0.25, -0.2) is 0 Å². The molecule has 2 aliphatic heterocycles. The number of fused-ring (bicyclic) bond motifs is 1. The average molecular weight is 441 g/mol. The second kappa shape index (κ2) is 8.62. The summed E-state index contributed by atoms with van der Waals surface area (Å²) < 4.78 is 17.3. The van der Waals surface area contributed by atoms with Crippen molar-refractivity contribution in [3.05, 3.63) is 47.4 Å². The van der Waals surface area contributed by atoms with Crippen molar-refractivity contribution in [3.8, 4) is 5.75 Å². The lowest BCUT2D eigenvalue weighted by Crippen LogP contribution is -2.48. The molecule has 0 N–H and O–H groups in total. The maximum atomic E-state index is 12.9. The van der Waals surface area contributed by atoms with Crippen molar-refractivity contribution >= 4 is 17.5 Å². The molecule has 0 saturated carbocycles. The zero-order chi connectivity index (χ0) is 23.0. The van der Waals surface area contributed by atoms with E-state index in [0.29, 0.717) is 24.6 Å². The molecule has 1 aromatic heterocycles. The zero-order valence-electron chi connectivity index (χ0n) is 19.5. The Balaban J connectivity index is 1.55. The van der Waals surface area contributed by atoms with Crippen LogP contribution < -0.4 is 9.64 Å². The van der Waals surface area contributed by atoms with E-state index in [-0.39, 0.29) is 48.3 Å². The van der Waals surface area contributed by atoms with Gasteiger partial charge in [-0.3, -0.25) is 14.5 Å². The van der Waals surface area contributed by atoms with E-state index in [9.17, 15) is 9.59 Å². The van der Waals surface area contributed by atoms with Crippen LogP contribution in [0.15, 0.2) is 34.7 Å². The standard InChI is InChI=1S/C25H32N2O5/c1-6-25(4,5)18-7-9-21-20(11-18)27(23(28)15-30-21)14-19-8-10-22(32-19)24(29)26-12-16(2)31-17(3)13-26/h7-11,16-17H,6,12-15H2,1-5H3. The molecule has 3 heterocycles. The number of hydrogen-bond acceptors (Lipinski definition) is 5. The summed E-state index contributed by atoms with van der Waals surface area (Å²) >= 11 is 0. The normalized spacial score (nSPS) is 21.3. The number of anilines is 1. The first kappa shape index (κ1) is 22.4. The highest BCUT2D eigenvalue weighted by atomic mass is 16.5. The van der Waals surface area contributed by atoms with E-state index in [1.807, 2.05) is 26.0 Å². The first-order valence-corrected chi connectivity index (χ1v) is 11.3. The van der Waals surface area contributed by atoms with Crippen LogP contribution in [-0.4, -0.2) is 48.6 Å². The van der Waals surface area contributed by atoms with Crippen molar-refractivity contribution in [3.63, 3.8) is 0 Å². The summed E-state index contributed by atoms with van der Waals surface area (Å²) in [5.41, 5.74) is 1.87. The molecule has 4 rings (SSSR count). The molecule has 2 aromatic rings. The Morgan fingerprint density at radius 1 is 1.12 bits per heavy atom. The van der Waals surface area contributed by atoms with Gasteiger partial charge in [0.15, 0.2) is 12.4 Å². The SMILES string of the molecule is CCC(C)(C)c1ccc2c(c1)N(Cc1ccc(C(=O)N3CC(C)OC(C)C3)o1)C(=O)CO2. The van der Waals surface area contributed by atoms with Gasteiger partial charge in [-0.15, -0.1) is 0 Å². The van der Waals surface area contributed by atoms with Gasteiger partial charge in [0.2, 0.25) is 0 Å². The monoisotopic (exact) mass is 440 g/mol. The highest BCUT2D eigenvalue weighted by Gasteiger charge is 2.31. The summed E-state index contributed by atoms with van der Waals surface area (Å²) in [6.07, 6.45) is 0.950. The van der Waals surface area contributed by atoms with Crippen LogP contribution >= 0.6 is 0 Å². The Morgan fingerprint density at radius 2 is 1.84 bits per heavy atom. The summed E-state index contributed by atoms with van der Waals surface area (Å²) in [5.74, 6) is 1.23. The molecule has 0 spiro atoms. The minimum atomic E-state index is -0.154. The molecule has 7 heteroatoms. The molecule has 172 valence electrons. The number of rotatable bonds is 5. The van der Waals surface area contributed by atoms with Crippen LogP contribution in [0.1, 0.15) is 62.9 Å². The molecule has 7 nitrogen and oxygen atoms in total. The minimum Gasteiger partial charge on any atom is -0.482 e. The molecular formula is C25H32N2O5. The lowest BCUT2D eigenvalue weighted by Gasteiger charge is -2.34. The van der Waals surface area contributed by atoms with E-state index >= 15 is 0 Å². The molecular weight excluding hydrogens is 408 g/mol. The molecule has 1 fully saturated rings. The highest BCUT2D eigenvalue weighted by molar-refractivity contribution is 5.98. The predicted octanol–water partition coefficient (Wildman–Crippen LogP) is 4.14. The van der Waals surface area contributed by atoms with Crippen molar-refractivity contribution in [2.45, 2.75) is 65.2 Å². The zero-order valence-corrected chi connectivity index (χ0v) is 19.5. The molecule has 0 radical (unpaired) electrons. The van der Waals surface area contributed by atoms with E-state index in [0.717, 1.165) is 17.7 Å². The molecule has 2 atom stereocenters. The van der Waals surface area contributed by atoms with Crippen molar-refractivity contribution in [2.24, 2.45) is 0 Å². The number of ether oxygens (including phenoxy) is 2. The van der Waals surface area contributed by atoms with Gasteiger partial charge in [-0.2, -0.15) is 0 Å². The first-order valence-electron chi connectivity index (χ1n) is 11.3. The third-order valence-electron chi connectivity index (χ3n) is 6.46. The van der Waals surface area contributed by atoms with Crippen molar-refractivity contribution in [2.75, 3.05) is 24.6 Å². The van der Waals surface area contributed by atoms with Crippen LogP contribution in [0.25, 0.3) is 0 Å². The Morgan fingerprint density at radius 3 is 2.53 bits per heavy atom. The molecule has 1 saturated heterocycles. The summed E-state index contributed by atoms with van der Waals surface area (Å²) in [6, 6.07) is 9.47. The number of amides is 2. The first-order chi connectivity index (χ1) is 15.2. The maximum absolute atomic E-state index is 12.9. The maximum Gasteiger partial charge on any atom is 0.289 e. The van der Waals surface area contributed by atoms with Gasteiger partial charge in [0.05, 0.1) is 24.4 Å². The Hall–Kier alpha value is -2.80. The van der Waals surface area contributed by atoms with Crippen LogP contribution in [-0.2, 0) is 21.5 Å². The predicted molar refractivity (Wildman–Crippen MR) is 121 cm³/mol. The fourth-order valence-corrected chi connectivity index (χ4v) is 4.23. The average Bonchev–Trinajstić information content (AvgIpc) is 3.22. The lowest BCUT2D eigenvalue weighted by molar-refractivity contribution is -0.121. The number of benzene rings is 1. The van der Waals surface area contributed by atoms with Crippen molar-refractivity contribution in [1.29, 1.82) is 0 Å². The number of morpholine rings is 1. The van der Waals surface area contributed by atoms with Crippen molar-refractivity contribution in [1.82, 2.24) is 4.90 Å². The molecule has 2 aliphatic rings. The molecule has 0 aliphatic carbocycles. The number of carbonyl (C=O) groups is 2. The van der Waals surface area contributed by atoms with Crippen LogP contribution in [0.3, 0.4) is 0 Å². The molecule has 1 aromatic carbocycles. The van der Waals surface area contributed by atoms with Crippen LogP contribution in [0.5, 0.6) is 5.75 Å². The molecule has 32 heavy (non-hydrogen) atoms. The highest BCUT2D eigenvalue weighted by Crippen LogP contribution is 2.38. The van der Waals surface area contributed by atoms with E-state index in [1.54, 1.807) is 21.9 Å². The Bertz CT molecular complexity index is 1000. The fourth-order valence-electron chi connectivity index (χ4n) is 4.23. The van der Waals surface area contributed by atoms with Gasteiger partial charge in [0.1, 0.15) is 11.5 Å². The van der Waals surface area contributed by atoms with E-state index in [1.165, 1.54) is 0 Å². The second-order valence-corrected chi connectivity index (χ2v) is 9.42. The Kier molecular flexibility index (Phi) is 6.03. The summed E-state index contributed by atoms with van der Waals surface area (Å²) in [4.78, 5) is 29.1. The van der Waals surface area contributed by atoms with E-state index in [2.05, 4.69) is 26.8 Å². The minimum absolute atomic E-state index is 0.0128. The molecule has 0 bridgehead atoms. The summed E-state index contributed by atoms with van der Waals surface area (Å²) in [5, 5.41) is 0. The topological polar surface area (TPSA) is 72.2 Å². The third kappa shape index (κ3) is 4.39. The molecule has 2 amide bonds. The number of hydrogen-bond donors (Lipinski definition) is 0. The van der Waals surface area contributed by atoms with Crippen molar-refractivity contribution < 1.29 is 23.5 Å². The summed E-state index contributed by atoms with van der Waals surface area (Å²) in [7, 11) is 0. The smallest absolute Gasteiger partial charge is 0.289 e. The number of nitrogens with zero attached hydrogens (tertiary/aromatic N) is 2. The van der Waals surface area contributed by atoms with Crippen LogP contribution in [0.4, 0.5) is 5.69 Å². The van der Waals surface area contributed by atoms with E-state index in [4.69, 9.17) is 13.9 Å². The van der Waals surface area contributed by atoms with Gasteiger partial charge in [-0.1, -0.05) is 26.8 Å².